The van der Waals surface area contributed by atoms with Gasteiger partial charge in [0.25, 0.3) is 0 Å². The monoisotopic (exact) mass is 184 g/mol. The van der Waals surface area contributed by atoms with Crippen molar-refractivity contribution in [3.63, 3.8) is 0 Å². The third kappa shape index (κ3) is 2.21. The maximum absolute atomic E-state index is 10.3. The fourth-order valence-electron chi connectivity index (χ4n) is 0.968. The van der Waals surface area contributed by atoms with Crippen molar-refractivity contribution in [3.05, 3.63) is 11.5 Å². The number of rotatable bonds is 3. The summed E-state index contributed by atoms with van der Waals surface area (Å²) in [6.07, 6.45) is -0.231. The van der Waals surface area contributed by atoms with Crippen molar-refractivity contribution in [2.75, 3.05) is 0 Å². The molecule has 13 heavy (non-hydrogen) atoms. The predicted octanol–water partition coefficient (Wildman–Crippen LogP) is 0.866. The quantitative estimate of drug-likeness (QED) is 0.650. The van der Waals surface area contributed by atoms with Crippen LogP contribution >= 0.6 is 0 Å². The van der Waals surface area contributed by atoms with E-state index in [1.54, 1.807) is 0 Å². The number of hydrogen-bond donors (Lipinski definition) is 3. The van der Waals surface area contributed by atoms with Crippen LogP contribution in [-0.2, 0) is 11.2 Å². The van der Waals surface area contributed by atoms with Gasteiger partial charge in [0, 0.05) is 5.92 Å². The number of aliphatic carboxylic acids is 1. The molecule has 1 aromatic heterocycles. The van der Waals surface area contributed by atoms with Crippen LogP contribution in [0.5, 0.6) is 5.88 Å². The van der Waals surface area contributed by atoms with Gasteiger partial charge in [-0.3, -0.25) is 4.79 Å². The number of aromatic nitrogens is 2. The zero-order valence-corrected chi connectivity index (χ0v) is 7.53. The molecule has 3 N–H and O–H groups in total. The molecule has 0 saturated heterocycles. The van der Waals surface area contributed by atoms with Crippen molar-refractivity contribution in [1.29, 1.82) is 0 Å². The molecule has 0 unspecified atom stereocenters. The Morgan fingerprint density at radius 1 is 1.62 bits per heavy atom. The Balaban J connectivity index is 2.89. The van der Waals surface area contributed by atoms with Gasteiger partial charge in [-0.15, -0.1) is 0 Å². The van der Waals surface area contributed by atoms with Crippen LogP contribution < -0.4 is 0 Å². The van der Waals surface area contributed by atoms with Gasteiger partial charge < -0.3 is 15.2 Å². The number of nitrogens with zero attached hydrogens (tertiary/aromatic N) is 1. The van der Waals surface area contributed by atoms with Gasteiger partial charge in [0.2, 0.25) is 5.88 Å². The Kier molecular flexibility index (Phi) is 2.55. The van der Waals surface area contributed by atoms with Crippen LogP contribution in [-0.4, -0.2) is 26.2 Å². The van der Waals surface area contributed by atoms with Crippen LogP contribution in [0, 0.1) is 0 Å². The largest absolute Gasteiger partial charge is 0.492 e. The standard InChI is InChI=1S/C8H12N2O3/c1-4(2)7-9-5(3-6(11)12)8(13)10-7/h4,13H,3H2,1-2H3,(H,9,10)(H,11,12). The number of nitrogens with one attached hydrogen (secondary N) is 1. The van der Waals surface area contributed by atoms with Crippen LogP contribution in [0.4, 0.5) is 0 Å². The van der Waals surface area contributed by atoms with Crippen LogP contribution in [0.2, 0.25) is 0 Å². The molecule has 5 heteroatoms. The normalized spacial score (nSPS) is 10.7. The fraction of sp³-hybridized carbons (Fsp3) is 0.500. The second kappa shape index (κ2) is 3.47. The molecule has 0 spiro atoms. The lowest BCUT2D eigenvalue weighted by Crippen LogP contribution is -2.00. The molecule has 72 valence electrons. The Bertz CT molecular complexity index is 317. The maximum atomic E-state index is 10.3. The van der Waals surface area contributed by atoms with E-state index in [0.717, 1.165) is 0 Å². The Labute approximate surface area is 75.4 Å². The average Bonchev–Trinajstić information content (AvgIpc) is 2.31. The number of hydrogen-bond acceptors (Lipinski definition) is 3. The minimum absolute atomic E-state index is 0.147. The molecular formula is C8H12N2O3. The molecule has 1 rings (SSSR count). The van der Waals surface area contributed by atoms with Gasteiger partial charge in [-0.2, -0.15) is 4.98 Å². The molecule has 0 saturated carbocycles. The highest BCUT2D eigenvalue weighted by Crippen LogP contribution is 2.18. The van der Waals surface area contributed by atoms with Gasteiger partial charge in [-0.1, -0.05) is 13.8 Å². The van der Waals surface area contributed by atoms with Crippen molar-refractivity contribution >= 4 is 5.97 Å². The number of carboxylic acid groups (broad SMARTS) is 1. The van der Waals surface area contributed by atoms with Crippen LogP contribution in [0.25, 0.3) is 0 Å². The molecule has 5 nitrogen and oxygen atoms in total. The van der Waals surface area contributed by atoms with E-state index < -0.39 is 5.97 Å². The first-order valence-electron chi connectivity index (χ1n) is 4.00. The summed E-state index contributed by atoms with van der Waals surface area (Å²) in [5.74, 6) is -0.456. The number of carboxylic acids is 1. The lowest BCUT2D eigenvalue weighted by molar-refractivity contribution is -0.136. The number of aromatic hydroxyl groups is 1. The van der Waals surface area contributed by atoms with Gasteiger partial charge in [0.05, 0.1) is 12.1 Å². The Morgan fingerprint density at radius 2 is 2.23 bits per heavy atom. The van der Waals surface area contributed by atoms with Gasteiger partial charge in [0.15, 0.2) is 0 Å². The molecule has 0 aliphatic carbocycles. The lowest BCUT2D eigenvalue weighted by atomic mass is 10.2. The molecule has 0 aliphatic heterocycles. The third-order valence-electron chi connectivity index (χ3n) is 1.65. The average molecular weight is 184 g/mol. The first kappa shape index (κ1) is 9.57. The van der Waals surface area contributed by atoms with Gasteiger partial charge in [-0.25, -0.2) is 0 Å². The minimum Gasteiger partial charge on any atom is -0.492 e. The summed E-state index contributed by atoms with van der Waals surface area (Å²) in [4.78, 5) is 16.9. The SMILES string of the molecule is CC(C)c1nc(O)c(CC(=O)O)[nH]1. The van der Waals surface area contributed by atoms with Crippen LogP contribution in [0.1, 0.15) is 31.3 Å². The van der Waals surface area contributed by atoms with E-state index in [0.29, 0.717) is 5.82 Å². The second-order valence-corrected chi connectivity index (χ2v) is 3.15. The van der Waals surface area contributed by atoms with E-state index in [1.165, 1.54) is 0 Å². The topological polar surface area (TPSA) is 86.2 Å². The van der Waals surface area contributed by atoms with Gasteiger partial charge in [0.1, 0.15) is 5.82 Å². The smallest absolute Gasteiger partial charge is 0.309 e. The summed E-state index contributed by atoms with van der Waals surface area (Å²) in [6.45, 7) is 3.81. The number of H-pyrrole nitrogens is 1. The number of aromatic amines is 1. The minimum atomic E-state index is -0.991. The Morgan fingerprint density at radius 3 is 2.62 bits per heavy atom. The molecule has 0 atom stereocenters. The van der Waals surface area contributed by atoms with Crippen molar-refractivity contribution < 1.29 is 15.0 Å². The summed E-state index contributed by atoms with van der Waals surface area (Å²) in [5, 5.41) is 17.7. The summed E-state index contributed by atoms with van der Waals surface area (Å²) in [6, 6.07) is 0. The van der Waals surface area contributed by atoms with E-state index in [4.69, 9.17) is 5.11 Å². The van der Waals surface area contributed by atoms with Crippen molar-refractivity contribution in [2.45, 2.75) is 26.2 Å². The van der Waals surface area contributed by atoms with Crippen molar-refractivity contribution in [2.24, 2.45) is 0 Å². The summed E-state index contributed by atoms with van der Waals surface area (Å²) in [5.41, 5.74) is 0.260. The van der Waals surface area contributed by atoms with E-state index in [-0.39, 0.29) is 23.9 Å². The number of imidazole rings is 1. The third-order valence-corrected chi connectivity index (χ3v) is 1.65. The van der Waals surface area contributed by atoms with Gasteiger partial charge in [-0.05, 0) is 0 Å². The maximum Gasteiger partial charge on any atom is 0.309 e. The highest BCUT2D eigenvalue weighted by atomic mass is 16.4. The predicted molar refractivity (Wildman–Crippen MR) is 45.7 cm³/mol. The van der Waals surface area contributed by atoms with E-state index >= 15 is 0 Å². The summed E-state index contributed by atoms with van der Waals surface area (Å²) < 4.78 is 0. The highest BCUT2D eigenvalue weighted by molar-refractivity contribution is 5.70. The lowest BCUT2D eigenvalue weighted by Gasteiger charge is -1.96. The number of carbonyl (C=O) groups is 1. The molecule has 0 aromatic carbocycles. The molecule has 1 heterocycles. The van der Waals surface area contributed by atoms with Crippen molar-refractivity contribution in [3.8, 4) is 5.88 Å². The first-order valence-corrected chi connectivity index (χ1v) is 4.00. The second-order valence-electron chi connectivity index (χ2n) is 3.15. The molecule has 0 amide bonds. The summed E-state index contributed by atoms with van der Waals surface area (Å²) >= 11 is 0. The molecule has 1 aromatic rings. The molecule has 0 radical (unpaired) electrons. The van der Waals surface area contributed by atoms with Crippen molar-refractivity contribution in [1.82, 2.24) is 9.97 Å². The van der Waals surface area contributed by atoms with Crippen LogP contribution in [0.15, 0.2) is 0 Å². The van der Waals surface area contributed by atoms with E-state index in [9.17, 15) is 9.90 Å². The molecule has 0 fully saturated rings. The first-order chi connectivity index (χ1) is 6.00. The summed E-state index contributed by atoms with van der Waals surface area (Å²) in [7, 11) is 0. The van der Waals surface area contributed by atoms with E-state index in [1.807, 2.05) is 13.8 Å². The molecule has 0 bridgehead atoms. The zero-order chi connectivity index (χ0) is 10.0. The molecular weight excluding hydrogens is 172 g/mol. The fourth-order valence-corrected chi connectivity index (χ4v) is 0.968. The van der Waals surface area contributed by atoms with E-state index in [2.05, 4.69) is 9.97 Å². The highest BCUT2D eigenvalue weighted by Gasteiger charge is 2.13. The Hall–Kier alpha value is -1.52. The van der Waals surface area contributed by atoms with Gasteiger partial charge >= 0.3 is 5.97 Å². The molecule has 0 aliphatic rings. The zero-order valence-electron chi connectivity index (χ0n) is 7.53. The van der Waals surface area contributed by atoms with Crippen LogP contribution in [0.3, 0.4) is 0 Å².